The average molecular weight is 533 g/mol. The molecule has 35 heavy (non-hydrogen) atoms. The molecule has 3 rings (SSSR count). The first-order valence-electron chi connectivity index (χ1n) is 11.0. The van der Waals surface area contributed by atoms with Gasteiger partial charge < -0.3 is 4.90 Å². The van der Waals surface area contributed by atoms with E-state index in [1.807, 2.05) is 24.3 Å². The molecule has 1 amide bonds. The second kappa shape index (κ2) is 12.1. The molecule has 0 saturated carbocycles. The van der Waals surface area contributed by atoms with Crippen LogP contribution in [0.15, 0.2) is 82.8 Å². The summed E-state index contributed by atoms with van der Waals surface area (Å²) in [6, 6.07) is 20.1. The summed E-state index contributed by atoms with van der Waals surface area (Å²) in [6.07, 6.45) is 1.49. The molecule has 0 aliphatic carbocycles. The van der Waals surface area contributed by atoms with Gasteiger partial charge in [0.15, 0.2) is 0 Å². The smallest absolute Gasteiger partial charge is 0.264 e. The number of nitrogens with zero attached hydrogens (tertiary/aromatic N) is 3. The highest BCUT2D eigenvalue weighted by Crippen LogP contribution is 2.35. The zero-order valence-electron chi connectivity index (χ0n) is 19.4. The maximum absolute atomic E-state index is 13.4. The highest BCUT2D eigenvalue weighted by atomic mass is 35.5. The molecule has 3 aromatic carbocycles. The second-order valence-electron chi connectivity index (χ2n) is 7.45. The van der Waals surface area contributed by atoms with Crippen molar-refractivity contribution in [3.63, 3.8) is 0 Å². The van der Waals surface area contributed by atoms with Crippen LogP contribution in [-0.4, -0.2) is 40.2 Å². The molecule has 3 aromatic rings. The summed E-state index contributed by atoms with van der Waals surface area (Å²) in [5.41, 5.74) is 4.36. The van der Waals surface area contributed by atoms with E-state index in [1.165, 1.54) is 30.5 Å². The molecule has 0 aliphatic heterocycles. The van der Waals surface area contributed by atoms with Gasteiger partial charge in [0.1, 0.15) is 6.54 Å². The van der Waals surface area contributed by atoms with Crippen molar-refractivity contribution in [2.24, 2.45) is 5.10 Å². The molecule has 0 radical (unpaired) electrons. The molecule has 0 atom stereocenters. The van der Waals surface area contributed by atoms with E-state index in [1.54, 1.807) is 24.3 Å². The van der Waals surface area contributed by atoms with Crippen molar-refractivity contribution in [1.82, 2.24) is 5.43 Å². The van der Waals surface area contributed by atoms with E-state index in [0.29, 0.717) is 0 Å². The topological polar surface area (TPSA) is 82.1 Å². The number of amides is 1. The van der Waals surface area contributed by atoms with Crippen LogP contribution in [0.3, 0.4) is 0 Å². The van der Waals surface area contributed by atoms with Crippen molar-refractivity contribution in [2.75, 3.05) is 28.8 Å². The van der Waals surface area contributed by atoms with Crippen molar-refractivity contribution in [2.45, 2.75) is 18.7 Å². The Labute approximate surface area is 216 Å². The minimum Gasteiger partial charge on any atom is -0.372 e. The number of halogens is 2. The van der Waals surface area contributed by atoms with E-state index in [4.69, 9.17) is 23.2 Å². The van der Waals surface area contributed by atoms with Crippen molar-refractivity contribution in [3.05, 3.63) is 88.4 Å². The molecule has 0 heterocycles. The summed E-state index contributed by atoms with van der Waals surface area (Å²) in [7, 11) is -4.11. The fraction of sp³-hybridized carbons (Fsp3) is 0.200. The van der Waals surface area contributed by atoms with Crippen LogP contribution in [0.5, 0.6) is 0 Å². The standard InChI is InChI=1S/C25H26Cl2N4O3S/c1-3-30(4-2)20-15-13-19(14-16-20)17-28-29-24(32)18-31(23-12-8-11-22(26)25(23)27)35(33,34)21-9-6-5-7-10-21/h5-17H,3-4,18H2,1-2H3,(H,29,32)/b28-17+. The molecule has 0 bridgehead atoms. The molecule has 0 saturated heterocycles. The highest BCUT2D eigenvalue weighted by Gasteiger charge is 2.29. The van der Waals surface area contributed by atoms with Crippen LogP contribution in [0.25, 0.3) is 0 Å². The number of carbonyl (C=O) groups is 1. The van der Waals surface area contributed by atoms with Crippen LogP contribution in [-0.2, 0) is 14.8 Å². The number of benzene rings is 3. The maximum atomic E-state index is 13.4. The molecule has 0 aromatic heterocycles. The van der Waals surface area contributed by atoms with Crippen molar-refractivity contribution in [1.29, 1.82) is 0 Å². The summed E-state index contributed by atoms with van der Waals surface area (Å²) in [6.45, 7) is 5.44. The Kier molecular flexibility index (Phi) is 9.14. The first-order valence-corrected chi connectivity index (χ1v) is 13.2. The van der Waals surface area contributed by atoms with Crippen LogP contribution >= 0.6 is 23.2 Å². The Balaban J connectivity index is 1.79. The van der Waals surface area contributed by atoms with Crippen molar-refractivity contribution >= 4 is 56.7 Å². The Bertz CT molecular complexity index is 1280. The summed E-state index contributed by atoms with van der Waals surface area (Å²) >= 11 is 12.4. The van der Waals surface area contributed by atoms with E-state index in [2.05, 4.69) is 29.3 Å². The average Bonchev–Trinajstić information content (AvgIpc) is 2.86. The number of sulfonamides is 1. The summed E-state index contributed by atoms with van der Waals surface area (Å²) < 4.78 is 27.6. The van der Waals surface area contributed by atoms with Gasteiger partial charge in [0.25, 0.3) is 15.9 Å². The Morgan fingerprint density at radius 3 is 2.23 bits per heavy atom. The molecule has 0 fully saturated rings. The third-order valence-corrected chi connectivity index (χ3v) is 7.83. The van der Waals surface area contributed by atoms with Gasteiger partial charge in [-0.1, -0.05) is 59.6 Å². The monoisotopic (exact) mass is 532 g/mol. The Morgan fingerprint density at radius 1 is 0.943 bits per heavy atom. The van der Waals surface area contributed by atoms with Crippen LogP contribution in [0, 0.1) is 0 Å². The molecular weight excluding hydrogens is 507 g/mol. The Hall–Kier alpha value is -3.07. The van der Waals surface area contributed by atoms with Gasteiger partial charge in [-0.05, 0) is 55.8 Å². The van der Waals surface area contributed by atoms with Gasteiger partial charge in [-0.3, -0.25) is 9.10 Å². The highest BCUT2D eigenvalue weighted by molar-refractivity contribution is 7.92. The number of rotatable bonds is 10. The molecule has 7 nitrogen and oxygen atoms in total. The summed E-state index contributed by atoms with van der Waals surface area (Å²) in [5, 5.41) is 4.18. The molecule has 184 valence electrons. The lowest BCUT2D eigenvalue weighted by Gasteiger charge is -2.24. The molecular formula is C25H26Cl2N4O3S. The van der Waals surface area contributed by atoms with Gasteiger partial charge in [-0.15, -0.1) is 0 Å². The van der Waals surface area contributed by atoms with Crippen LogP contribution in [0.1, 0.15) is 19.4 Å². The zero-order valence-corrected chi connectivity index (χ0v) is 21.7. The number of hydrogen-bond donors (Lipinski definition) is 1. The van der Waals surface area contributed by atoms with E-state index in [0.717, 1.165) is 28.6 Å². The fourth-order valence-corrected chi connectivity index (χ4v) is 5.31. The van der Waals surface area contributed by atoms with Gasteiger partial charge in [0.2, 0.25) is 0 Å². The minimum absolute atomic E-state index is 0.0145. The van der Waals surface area contributed by atoms with Crippen LogP contribution < -0.4 is 14.6 Å². The van der Waals surface area contributed by atoms with E-state index < -0.39 is 22.5 Å². The van der Waals surface area contributed by atoms with Crippen molar-refractivity contribution < 1.29 is 13.2 Å². The zero-order chi connectivity index (χ0) is 25.4. The predicted molar refractivity (Wildman–Crippen MR) is 143 cm³/mol. The van der Waals surface area contributed by atoms with Gasteiger partial charge in [0, 0.05) is 18.8 Å². The van der Waals surface area contributed by atoms with Crippen LogP contribution in [0.2, 0.25) is 10.0 Å². The summed E-state index contributed by atoms with van der Waals surface area (Å²) in [5.74, 6) is -0.642. The first kappa shape index (κ1) is 26.5. The quantitative estimate of drug-likeness (QED) is 0.288. The van der Waals surface area contributed by atoms with E-state index >= 15 is 0 Å². The van der Waals surface area contributed by atoms with Crippen LogP contribution in [0.4, 0.5) is 11.4 Å². The maximum Gasteiger partial charge on any atom is 0.264 e. The lowest BCUT2D eigenvalue weighted by Crippen LogP contribution is -2.39. The minimum atomic E-state index is -4.11. The van der Waals surface area contributed by atoms with Gasteiger partial charge in [-0.25, -0.2) is 13.8 Å². The number of nitrogens with one attached hydrogen (secondary N) is 1. The SMILES string of the molecule is CCN(CC)c1ccc(/C=N/NC(=O)CN(c2cccc(Cl)c2Cl)S(=O)(=O)c2ccccc2)cc1. The molecule has 1 N–H and O–H groups in total. The van der Waals surface area contributed by atoms with Gasteiger partial charge in [0.05, 0.1) is 26.8 Å². The normalized spacial score (nSPS) is 11.4. The largest absolute Gasteiger partial charge is 0.372 e. The third kappa shape index (κ3) is 6.54. The predicted octanol–water partition coefficient (Wildman–Crippen LogP) is 5.19. The van der Waals surface area contributed by atoms with Gasteiger partial charge in [-0.2, -0.15) is 5.10 Å². The molecule has 0 spiro atoms. The van der Waals surface area contributed by atoms with Gasteiger partial charge >= 0.3 is 0 Å². The number of carbonyl (C=O) groups excluding carboxylic acids is 1. The fourth-order valence-electron chi connectivity index (χ4n) is 3.41. The summed E-state index contributed by atoms with van der Waals surface area (Å²) in [4.78, 5) is 14.9. The Morgan fingerprint density at radius 2 is 1.60 bits per heavy atom. The first-order chi connectivity index (χ1) is 16.8. The van der Waals surface area contributed by atoms with Crippen molar-refractivity contribution in [3.8, 4) is 0 Å². The van der Waals surface area contributed by atoms with E-state index in [9.17, 15) is 13.2 Å². The van der Waals surface area contributed by atoms with E-state index in [-0.39, 0.29) is 20.6 Å². The number of hydrazone groups is 1. The molecule has 0 unspecified atom stereocenters. The second-order valence-corrected chi connectivity index (χ2v) is 10.1. The third-order valence-electron chi connectivity index (χ3n) is 5.24. The lowest BCUT2D eigenvalue weighted by atomic mass is 10.2. The lowest BCUT2D eigenvalue weighted by molar-refractivity contribution is -0.119. The number of anilines is 2. The molecule has 10 heteroatoms. The molecule has 0 aliphatic rings. The number of hydrogen-bond acceptors (Lipinski definition) is 5.